The SMILES string of the molecule is COc1ccc(-n2nc(-c3ccc(C)o3)cc2C(=O)NC(c2ccccc2)c2ccccc2)cc1. The molecule has 3 aromatic carbocycles. The summed E-state index contributed by atoms with van der Waals surface area (Å²) in [4.78, 5) is 13.7. The maximum atomic E-state index is 13.7. The second-order valence-electron chi connectivity index (χ2n) is 8.16. The van der Waals surface area contributed by atoms with Gasteiger partial charge in [0.1, 0.15) is 22.9 Å². The van der Waals surface area contributed by atoms with Gasteiger partial charge in [-0.2, -0.15) is 5.10 Å². The molecule has 5 aromatic rings. The van der Waals surface area contributed by atoms with Crippen molar-refractivity contribution in [3.63, 3.8) is 0 Å². The van der Waals surface area contributed by atoms with E-state index in [9.17, 15) is 4.79 Å². The molecule has 6 nitrogen and oxygen atoms in total. The summed E-state index contributed by atoms with van der Waals surface area (Å²) in [6.07, 6.45) is 0. The zero-order chi connectivity index (χ0) is 24.2. The van der Waals surface area contributed by atoms with Crippen LogP contribution in [-0.4, -0.2) is 22.8 Å². The maximum Gasteiger partial charge on any atom is 0.270 e. The second-order valence-corrected chi connectivity index (χ2v) is 8.16. The Kier molecular flexibility index (Phi) is 6.18. The van der Waals surface area contributed by atoms with Crippen molar-refractivity contribution in [2.45, 2.75) is 13.0 Å². The third-order valence-electron chi connectivity index (χ3n) is 5.79. The molecular formula is C29H25N3O3. The van der Waals surface area contributed by atoms with Crippen LogP contribution in [0, 0.1) is 6.92 Å². The quantitative estimate of drug-likeness (QED) is 0.323. The molecule has 0 unspecified atom stereocenters. The summed E-state index contributed by atoms with van der Waals surface area (Å²) in [5, 5.41) is 7.93. The van der Waals surface area contributed by atoms with E-state index in [1.807, 2.05) is 104 Å². The Morgan fingerprint density at radius 1 is 0.886 bits per heavy atom. The van der Waals surface area contributed by atoms with Crippen LogP contribution in [0.25, 0.3) is 17.1 Å². The monoisotopic (exact) mass is 463 g/mol. The zero-order valence-electron chi connectivity index (χ0n) is 19.5. The minimum atomic E-state index is -0.321. The number of hydrogen-bond donors (Lipinski definition) is 1. The summed E-state index contributed by atoms with van der Waals surface area (Å²) in [6, 6.07) is 32.4. The summed E-state index contributed by atoms with van der Waals surface area (Å²) < 4.78 is 12.7. The third kappa shape index (κ3) is 4.73. The summed E-state index contributed by atoms with van der Waals surface area (Å²) in [7, 11) is 1.62. The van der Waals surface area contributed by atoms with Gasteiger partial charge in [-0.15, -0.1) is 0 Å². The van der Waals surface area contributed by atoms with Gasteiger partial charge in [0, 0.05) is 6.07 Å². The Bertz CT molecular complexity index is 1380. The number of benzene rings is 3. The van der Waals surface area contributed by atoms with Crippen LogP contribution in [0.1, 0.15) is 33.4 Å². The molecule has 1 amide bonds. The molecule has 5 rings (SSSR count). The lowest BCUT2D eigenvalue weighted by Crippen LogP contribution is -2.31. The first-order valence-corrected chi connectivity index (χ1v) is 11.3. The Labute approximate surface area is 203 Å². The van der Waals surface area contributed by atoms with Gasteiger partial charge in [-0.05, 0) is 54.4 Å². The molecule has 0 aliphatic heterocycles. The van der Waals surface area contributed by atoms with E-state index in [0.29, 0.717) is 17.1 Å². The zero-order valence-corrected chi connectivity index (χ0v) is 19.5. The van der Waals surface area contributed by atoms with Crippen molar-refractivity contribution in [2.24, 2.45) is 0 Å². The van der Waals surface area contributed by atoms with E-state index in [4.69, 9.17) is 14.3 Å². The van der Waals surface area contributed by atoms with Crippen molar-refractivity contribution in [1.29, 1.82) is 0 Å². The molecular weight excluding hydrogens is 438 g/mol. The average Bonchev–Trinajstić information content (AvgIpc) is 3.55. The fraction of sp³-hybridized carbons (Fsp3) is 0.103. The van der Waals surface area contributed by atoms with E-state index in [1.54, 1.807) is 17.9 Å². The summed E-state index contributed by atoms with van der Waals surface area (Å²) in [5.41, 5.74) is 3.70. The van der Waals surface area contributed by atoms with Gasteiger partial charge >= 0.3 is 0 Å². The van der Waals surface area contributed by atoms with Crippen molar-refractivity contribution >= 4 is 5.91 Å². The van der Waals surface area contributed by atoms with Gasteiger partial charge in [0.05, 0.1) is 18.8 Å². The van der Waals surface area contributed by atoms with Crippen molar-refractivity contribution in [1.82, 2.24) is 15.1 Å². The van der Waals surface area contributed by atoms with E-state index in [2.05, 4.69) is 5.32 Å². The van der Waals surface area contributed by atoms with Crippen LogP contribution in [0.2, 0.25) is 0 Å². The molecule has 0 saturated heterocycles. The topological polar surface area (TPSA) is 69.3 Å². The Hall–Kier alpha value is -4.58. The van der Waals surface area contributed by atoms with Crippen LogP contribution in [0.4, 0.5) is 0 Å². The van der Waals surface area contributed by atoms with Crippen LogP contribution in [0.5, 0.6) is 5.75 Å². The highest BCUT2D eigenvalue weighted by molar-refractivity contribution is 5.94. The molecule has 0 saturated carbocycles. The summed E-state index contributed by atoms with van der Waals surface area (Å²) >= 11 is 0. The van der Waals surface area contributed by atoms with E-state index in [1.165, 1.54) is 0 Å². The fourth-order valence-electron chi connectivity index (χ4n) is 4.01. The largest absolute Gasteiger partial charge is 0.497 e. The number of nitrogens with one attached hydrogen (secondary N) is 1. The molecule has 0 spiro atoms. The minimum Gasteiger partial charge on any atom is -0.497 e. The average molecular weight is 464 g/mol. The molecule has 0 aliphatic rings. The maximum absolute atomic E-state index is 13.7. The van der Waals surface area contributed by atoms with Gasteiger partial charge in [-0.1, -0.05) is 60.7 Å². The first-order valence-electron chi connectivity index (χ1n) is 11.3. The van der Waals surface area contributed by atoms with Crippen LogP contribution < -0.4 is 10.1 Å². The van der Waals surface area contributed by atoms with Crippen LogP contribution in [0.15, 0.2) is 108 Å². The number of aromatic nitrogens is 2. The summed E-state index contributed by atoms with van der Waals surface area (Å²) in [6.45, 7) is 1.88. The highest BCUT2D eigenvalue weighted by Crippen LogP contribution is 2.27. The number of methoxy groups -OCH3 is 1. The molecule has 2 aromatic heterocycles. The number of amides is 1. The Morgan fingerprint density at radius 3 is 2.06 bits per heavy atom. The molecule has 0 bridgehead atoms. The predicted molar refractivity (Wildman–Crippen MR) is 135 cm³/mol. The number of carbonyl (C=O) groups excluding carboxylic acids is 1. The lowest BCUT2D eigenvalue weighted by Gasteiger charge is -2.20. The standard InChI is InChI=1S/C29H25N3O3/c1-20-13-18-27(35-20)25-19-26(32(31-25)23-14-16-24(34-2)17-15-23)29(33)30-28(21-9-5-3-6-10-21)22-11-7-4-8-12-22/h3-19,28H,1-2H3,(H,30,33). The molecule has 0 aliphatic carbocycles. The number of nitrogens with zero attached hydrogens (tertiary/aromatic N) is 2. The van der Waals surface area contributed by atoms with Crippen LogP contribution >= 0.6 is 0 Å². The molecule has 1 N–H and O–H groups in total. The number of hydrogen-bond acceptors (Lipinski definition) is 4. The molecule has 0 fully saturated rings. The molecule has 6 heteroatoms. The third-order valence-corrected chi connectivity index (χ3v) is 5.79. The molecule has 35 heavy (non-hydrogen) atoms. The van der Waals surface area contributed by atoms with Crippen LogP contribution in [0.3, 0.4) is 0 Å². The van der Waals surface area contributed by atoms with E-state index < -0.39 is 0 Å². The number of ether oxygens (including phenoxy) is 1. The fourth-order valence-corrected chi connectivity index (χ4v) is 4.01. The number of aryl methyl sites for hydroxylation is 1. The highest BCUT2D eigenvalue weighted by atomic mass is 16.5. The number of carbonyl (C=O) groups is 1. The number of rotatable bonds is 7. The van der Waals surface area contributed by atoms with Gasteiger partial charge in [0.15, 0.2) is 5.76 Å². The highest BCUT2D eigenvalue weighted by Gasteiger charge is 2.23. The lowest BCUT2D eigenvalue weighted by atomic mass is 9.98. The predicted octanol–water partition coefficient (Wildman–Crippen LogP) is 5.97. The van der Waals surface area contributed by atoms with Gasteiger partial charge < -0.3 is 14.5 Å². The smallest absolute Gasteiger partial charge is 0.270 e. The molecule has 174 valence electrons. The minimum absolute atomic E-state index is 0.249. The van der Waals surface area contributed by atoms with Crippen molar-refractivity contribution in [3.8, 4) is 22.9 Å². The van der Waals surface area contributed by atoms with E-state index in [-0.39, 0.29) is 11.9 Å². The van der Waals surface area contributed by atoms with E-state index >= 15 is 0 Å². The lowest BCUT2D eigenvalue weighted by molar-refractivity contribution is 0.0935. The second kappa shape index (κ2) is 9.73. The molecule has 2 heterocycles. The van der Waals surface area contributed by atoms with Gasteiger partial charge in [-0.25, -0.2) is 4.68 Å². The van der Waals surface area contributed by atoms with Crippen molar-refractivity contribution < 1.29 is 13.9 Å². The first kappa shape index (κ1) is 22.2. The Morgan fingerprint density at radius 2 is 1.51 bits per heavy atom. The van der Waals surface area contributed by atoms with Crippen molar-refractivity contribution in [3.05, 3.63) is 126 Å². The first-order chi connectivity index (χ1) is 17.1. The molecule has 0 radical (unpaired) electrons. The van der Waals surface area contributed by atoms with Crippen molar-refractivity contribution in [2.75, 3.05) is 7.11 Å². The Balaban J connectivity index is 1.56. The van der Waals surface area contributed by atoms with Gasteiger partial charge in [0.25, 0.3) is 5.91 Å². The molecule has 0 atom stereocenters. The summed E-state index contributed by atoms with van der Waals surface area (Å²) in [5.74, 6) is 1.85. The van der Waals surface area contributed by atoms with Gasteiger partial charge in [0.2, 0.25) is 0 Å². The normalized spacial score (nSPS) is 10.9. The van der Waals surface area contributed by atoms with E-state index in [0.717, 1.165) is 28.3 Å². The van der Waals surface area contributed by atoms with Crippen LogP contribution in [-0.2, 0) is 0 Å². The number of furan rings is 1. The van der Waals surface area contributed by atoms with Gasteiger partial charge in [-0.3, -0.25) is 4.79 Å².